The summed E-state index contributed by atoms with van der Waals surface area (Å²) in [6.45, 7) is 5.12. The number of aliphatic hydroxyl groups excluding tert-OH is 2. The summed E-state index contributed by atoms with van der Waals surface area (Å²) in [7, 11) is 0. The molecule has 4 N–H and O–H groups in total. The van der Waals surface area contributed by atoms with Crippen molar-refractivity contribution in [3.63, 3.8) is 0 Å². The number of hydrogen-bond acceptors (Lipinski definition) is 5. The van der Waals surface area contributed by atoms with Crippen LogP contribution in [0.4, 0.5) is 5.82 Å². The molecule has 0 bridgehead atoms. The Bertz CT molecular complexity index is 343. The molecule has 0 saturated heterocycles. The summed E-state index contributed by atoms with van der Waals surface area (Å²) >= 11 is 0. The van der Waals surface area contributed by atoms with Crippen LogP contribution in [0.2, 0.25) is 0 Å². The first-order chi connectivity index (χ1) is 8.58. The van der Waals surface area contributed by atoms with E-state index in [9.17, 15) is 10.2 Å². The molecule has 1 aromatic heterocycles. The van der Waals surface area contributed by atoms with E-state index in [1.54, 1.807) is 18.3 Å². The van der Waals surface area contributed by atoms with Gasteiger partial charge >= 0.3 is 0 Å². The summed E-state index contributed by atoms with van der Waals surface area (Å²) in [4.78, 5) is 5.83. The summed E-state index contributed by atoms with van der Waals surface area (Å²) in [5.41, 5.74) is 6.22. The minimum Gasteiger partial charge on any atom is -0.387 e. The lowest BCUT2D eigenvalue weighted by molar-refractivity contribution is -0.0251. The molecule has 1 aromatic rings. The van der Waals surface area contributed by atoms with Crippen LogP contribution in [-0.2, 0) is 0 Å². The molecule has 0 aliphatic heterocycles. The molecule has 0 saturated carbocycles. The number of nitrogens with two attached hydrogens (primary N) is 1. The number of nitrogen functional groups attached to an aromatic ring is 1. The maximum absolute atomic E-state index is 10.1. The van der Waals surface area contributed by atoms with Crippen molar-refractivity contribution >= 4 is 5.82 Å². The van der Waals surface area contributed by atoms with Crippen LogP contribution in [0.15, 0.2) is 18.3 Å². The third-order valence-electron chi connectivity index (χ3n) is 2.90. The van der Waals surface area contributed by atoms with Gasteiger partial charge in [-0.25, -0.2) is 4.98 Å². The number of nitrogens with zero attached hydrogens (tertiary/aromatic N) is 2. The van der Waals surface area contributed by atoms with Crippen LogP contribution in [0.3, 0.4) is 0 Å². The number of rotatable bonds is 7. The maximum atomic E-state index is 10.1. The van der Waals surface area contributed by atoms with Gasteiger partial charge in [-0.1, -0.05) is 19.9 Å². The van der Waals surface area contributed by atoms with Crippen molar-refractivity contribution in [1.82, 2.24) is 9.88 Å². The Kier molecular flexibility index (Phi) is 6.04. The first-order valence-electron chi connectivity index (χ1n) is 6.40. The monoisotopic (exact) mass is 253 g/mol. The molecule has 0 aromatic carbocycles. The molecule has 18 heavy (non-hydrogen) atoms. The highest BCUT2D eigenvalue weighted by atomic mass is 16.3. The highest BCUT2D eigenvalue weighted by Gasteiger charge is 2.18. The molecule has 0 aliphatic rings. The molecule has 102 valence electrons. The Balaban J connectivity index is 2.65. The molecular weight excluding hydrogens is 230 g/mol. The van der Waals surface area contributed by atoms with Crippen molar-refractivity contribution < 1.29 is 10.2 Å². The highest BCUT2D eigenvalue weighted by molar-refractivity contribution is 5.30. The highest BCUT2D eigenvalue weighted by Crippen LogP contribution is 2.16. The quantitative estimate of drug-likeness (QED) is 0.635. The number of hydrogen-bond donors (Lipinski definition) is 3. The normalized spacial score (nSPS) is 14.7. The van der Waals surface area contributed by atoms with Crippen LogP contribution in [0.5, 0.6) is 0 Å². The topological polar surface area (TPSA) is 82.6 Å². The van der Waals surface area contributed by atoms with Gasteiger partial charge in [-0.2, -0.15) is 0 Å². The first-order valence-corrected chi connectivity index (χ1v) is 6.40. The Morgan fingerprint density at radius 3 is 2.56 bits per heavy atom. The van der Waals surface area contributed by atoms with Crippen LogP contribution >= 0.6 is 0 Å². The average Bonchev–Trinajstić information content (AvgIpc) is 2.38. The van der Waals surface area contributed by atoms with Crippen LogP contribution in [0.1, 0.15) is 38.4 Å². The molecule has 5 nitrogen and oxygen atoms in total. The van der Waals surface area contributed by atoms with Gasteiger partial charge < -0.3 is 15.9 Å². The Morgan fingerprint density at radius 2 is 2.06 bits per heavy atom. The van der Waals surface area contributed by atoms with E-state index in [0.29, 0.717) is 24.3 Å². The van der Waals surface area contributed by atoms with Gasteiger partial charge in [-0.05, 0) is 18.9 Å². The standard InChI is InChI=1S/C13H23N3O2/c1-3-7-16(13(18)4-2)9-11(17)10-5-6-12(14)15-8-10/h5-6,8,11,13,17-18H,3-4,7,9H2,1-2H3,(H2,14,15). The summed E-state index contributed by atoms with van der Waals surface area (Å²) in [6, 6.07) is 3.43. The zero-order valence-electron chi connectivity index (χ0n) is 11.1. The van der Waals surface area contributed by atoms with E-state index in [1.165, 1.54) is 0 Å². The number of aromatic nitrogens is 1. The molecule has 0 amide bonds. The van der Waals surface area contributed by atoms with E-state index in [-0.39, 0.29) is 0 Å². The van der Waals surface area contributed by atoms with Crippen molar-refractivity contribution in [1.29, 1.82) is 0 Å². The molecule has 0 spiro atoms. The first kappa shape index (κ1) is 14.9. The molecule has 0 aliphatic carbocycles. The van der Waals surface area contributed by atoms with E-state index >= 15 is 0 Å². The van der Waals surface area contributed by atoms with Gasteiger partial charge in [-0.3, -0.25) is 4.90 Å². The van der Waals surface area contributed by atoms with Gasteiger partial charge in [0.2, 0.25) is 0 Å². The van der Waals surface area contributed by atoms with Crippen LogP contribution in [0.25, 0.3) is 0 Å². The zero-order chi connectivity index (χ0) is 13.5. The molecule has 2 unspecified atom stereocenters. The second-order valence-corrected chi connectivity index (χ2v) is 4.42. The molecular formula is C13H23N3O2. The third-order valence-corrected chi connectivity index (χ3v) is 2.90. The molecule has 2 atom stereocenters. The minimum atomic E-state index is -0.661. The number of pyridine rings is 1. The van der Waals surface area contributed by atoms with Crippen molar-refractivity contribution in [2.24, 2.45) is 0 Å². The minimum absolute atomic E-state index is 0.397. The summed E-state index contributed by atoms with van der Waals surface area (Å²) in [5, 5.41) is 20.0. The summed E-state index contributed by atoms with van der Waals surface area (Å²) in [5.74, 6) is 0.435. The smallest absolute Gasteiger partial charge is 0.123 e. The number of aliphatic hydroxyl groups is 2. The molecule has 0 radical (unpaired) electrons. The van der Waals surface area contributed by atoms with Crippen molar-refractivity contribution in [3.8, 4) is 0 Å². The van der Waals surface area contributed by atoms with E-state index in [0.717, 1.165) is 13.0 Å². The fraction of sp³-hybridized carbons (Fsp3) is 0.615. The van der Waals surface area contributed by atoms with Gasteiger partial charge in [0.1, 0.15) is 12.0 Å². The van der Waals surface area contributed by atoms with E-state index in [1.807, 2.05) is 18.7 Å². The number of anilines is 1. The Morgan fingerprint density at radius 1 is 1.33 bits per heavy atom. The second kappa shape index (κ2) is 7.31. The van der Waals surface area contributed by atoms with Gasteiger partial charge in [0, 0.05) is 24.8 Å². The fourth-order valence-corrected chi connectivity index (χ4v) is 1.85. The lowest BCUT2D eigenvalue weighted by Crippen LogP contribution is -2.38. The van der Waals surface area contributed by atoms with Crippen molar-refractivity contribution in [2.45, 2.75) is 39.0 Å². The van der Waals surface area contributed by atoms with Crippen molar-refractivity contribution in [3.05, 3.63) is 23.9 Å². The van der Waals surface area contributed by atoms with Crippen molar-refractivity contribution in [2.75, 3.05) is 18.8 Å². The largest absolute Gasteiger partial charge is 0.387 e. The van der Waals surface area contributed by atoms with Gasteiger partial charge in [0.25, 0.3) is 0 Å². The molecule has 5 heteroatoms. The second-order valence-electron chi connectivity index (χ2n) is 4.42. The van der Waals surface area contributed by atoms with E-state index in [2.05, 4.69) is 4.98 Å². The lowest BCUT2D eigenvalue weighted by atomic mass is 10.1. The SMILES string of the molecule is CCCN(CC(O)c1ccc(N)nc1)C(O)CC. The predicted molar refractivity (Wildman–Crippen MR) is 71.8 cm³/mol. The molecule has 1 rings (SSSR count). The van der Waals surface area contributed by atoms with Crippen LogP contribution < -0.4 is 5.73 Å². The third kappa shape index (κ3) is 4.25. The fourth-order valence-electron chi connectivity index (χ4n) is 1.85. The summed E-state index contributed by atoms with van der Waals surface area (Å²) < 4.78 is 0. The van der Waals surface area contributed by atoms with E-state index < -0.39 is 12.3 Å². The Labute approximate surface area is 108 Å². The van der Waals surface area contributed by atoms with E-state index in [4.69, 9.17) is 5.73 Å². The zero-order valence-corrected chi connectivity index (χ0v) is 11.1. The molecule has 1 heterocycles. The predicted octanol–water partition coefficient (Wildman–Crippen LogP) is 1.14. The van der Waals surface area contributed by atoms with Gasteiger partial charge in [-0.15, -0.1) is 0 Å². The van der Waals surface area contributed by atoms with Crippen LogP contribution in [-0.4, -0.2) is 39.4 Å². The Hall–Kier alpha value is -1.17. The van der Waals surface area contributed by atoms with Crippen LogP contribution in [0, 0.1) is 0 Å². The average molecular weight is 253 g/mol. The van der Waals surface area contributed by atoms with Gasteiger partial charge in [0.15, 0.2) is 0 Å². The summed E-state index contributed by atoms with van der Waals surface area (Å²) in [6.07, 6.45) is 1.98. The molecule has 0 fully saturated rings. The van der Waals surface area contributed by atoms with Gasteiger partial charge in [0.05, 0.1) is 6.10 Å². The lowest BCUT2D eigenvalue weighted by Gasteiger charge is -2.28. The maximum Gasteiger partial charge on any atom is 0.123 e.